The number of aromatic nitrogens is 2. The standard InChI is InChI=1S/C13H24BrN3/c1-5-7-15-11(4)8-10(3)13-12(14)9-16-17(13)6-2/h9-11,15H,5-8H2,1-4H3. The van der Waals surface area contributed by atoms with Crippen LogP contribution >= 0.6 is 15.9 Å². The molecule has 1 N–H and O–H groups in total. The van der Waals surface area contributed by atoms with Gasteiger partial charge in [-0.05, 0) is 49.2 Å². The molecule has 0 saturated carbocycles. The minimum atomic E-state index is 0.520. The Balaban J connectivity index is 2.62. The van der Waals surface area contributed by atoms with Crippen LogP contribution in [-0.2, 0) is 6.54 Å². The van der Waals surface area contributed by atoms with Crippen molar-refractivity contribution in [3.05, 3.63) is 16.4 Å². The van der Waals surface area contributed by atoms with E-state index in [0.29, 0.717) is 12.0 Å². The van der Waals surface area contributed by atoms with Gasteiger partial charge >= 0.3 is 0 Å². The topological polar surface area (TPSA) is 29.9 Å². The van der Waals surface area contributed by atoms with Crippen LogP contribution in [-0.4, -0.2) is 22.4 Å². The quantitative estimate of drug-likeness (QED) is 0.835. The zero-order valence-electron chi connectivity index (χ0n) is 11.3. The van der Waals surface area contributed by atoms with Crippen molar-refractivity contribution >= 4 is 15.9 Å². The fraction of sp³-hybridized carbons (Fsp3) is 0.769. The van der Waals surface area contributed by atoms with Gasteiger partial charge in [-0.25, -0.2) is 0 Å². The average Bonchev–Trinajstić information content (AvgIpc) is 2.67. The van der Waals surface area contributed by atoms with E-state index in [-0.39, 0.29) is 0 Å². The Morgan fingerprint density at radius 2 is 2.12 bits per heavy atom. The van der Waals surface area contributed by atoms with E-state index in [0.717, 1.165) is 24.0 Å². The minimum Gasteiger partial charge on any atom is -0.314 e. The Kier molecular flexibility index (Phi) is 6.20. The van der Waals surface area contributed by atoms with Crippen LogP contribution < -0.4 is 5.32 Å². The molecule has 17 heavy (non-hydrogen) atoms. The van der Waals surface area contributed by atoms with Gasteiger partial charge in [0.1, 0.15) is 0 Å². The van der Waals surface area contributed by atoms with E-state index in [9.17, 15) is 0 Å². The second kappa shape index (κ2) is 7.17. The molecule has 4 heteroatoms. The molecule has 2 unspecified atom stereocenters. The smallest absolute Gasteiger partial charge is 0.0635 e. The lowest BCUT2D eigenvalue weighted by Crippen LogP contribution is -2.28. The normalized spacial score (nSPS) is 14.9. The molecule has 0 aliphatic rings. The molecule has 0 amide bonds. The minimum absolute atomic E-state index is 0.520. The van der Waals surface area contributed by atoms with Crippen molar-refractivity contribution in [3.63, 3.8) is 0 Å². The Morgan fingerprint density at radius 1 is 1.41 bits per heavy atom. The van der Waals surface area contributed by atoms with E-state index in [1.165, 1.54) is 12.1 Å². The predicted molar refractivity (Wildman–Crippen MR) is 76.4 cm³/mol. The molecular weight excluding hydrogens is 278 g/mol. The molecule has 0 aliphatic carbocycles. The summed E-state index contributed by atoms with van der Waals surface area (Å²) in [6, 6.07) is 0.553. The highest BCUT2D eigenvalue weighted by molar-refractivity contribution is 9.10. The van der Waals surface area contributed by atoms with Crippen LogP contribution in [0.5, 0.6) is 0 Å². The van der Waals surface area contributed by atoms with Crippen LogP contribution in [0.4, 0.5) is 0 Å². The van der Waals surface area contributed by atoms with Gasteiger partial charge < -0.3 is 5.32 Å². The van der Waals surface area contributed by atoms with Gasteiger partial charge in [0, 0.05) is 18.5 Å². The molecule has 98 valence electrons. The number of rotatable bonds is 7. The molecule has 0 spiro atoms. The first-order valence-electron chi connectivity index (χ1n) is 6.54. The lowest BCUT2D eigenvalue weighted by atomic mass is 9.99. The first-order valence-corrected chi connectivity index (χ1v) is 7.34. The molecular formula is C13H24BrN3. The summed E-state index contributed by atoms with van der Waals surface area (Å²) in [5.41, 5.74) is 1.32. The molecule has 3 nitrogen and oxygen atoms in total. The lowest BCUT2D eigenvalue weighted by molar-refractivity contribution is 0.459. The number of nitrogens with zero attached hydrogens (tertiary/aromatic N) is 2. The zero-order chi connectivity index (χ0) is 12.8. The maximum atomic E-state index is 4.37. The molecule has 0 bridgehead atoms. The number of hydrogen-bond donors (Lipinski definition) is 1. The van der Waals surface area contributed by atoms with E-state index in [2.05, 4.69) is 58.7 Å². The van der Waals surface area contributed by atoms with Gasteiger partial charge in [-0.2, -0.15) is 5.10 Å². The zero-order valence-corrected chi connectivity index (χ0v) is 12.9. The molecule has 0 aromatic carbocycles. The molecule has 1 heterocycles. The molecule has 1 aromatic heterocycles. The van der Waals surface area contributed by atoms with Crippen molar-refractivity contribution in [1.29, 1.82) is 0 Å². The van der Waals surface area contributed by atoms with Crippen LogP contribution in [0.2, 0.25) is 0 Å². The predicted octanol–water partition coefficient (Wildman–Crippen LogP) is 3.55. The van der Waals surface area contributed by atoms with Gasteiger partial charge in [-0.3, -0.25) is 4.68 Å². The third-order valence-electron chi connectivity index (χ3n) is 3.05. The van der Waals surface area contributed by atoms with Crippen LogP contribution in [0.3, 0.4) is 0 Å². The number of hydrogen-bond acceptors (Lipinski definition) is 2. The van der Waals surface area contributed by atoms with Crippen molar-refractivity contribution in [1.82, 2.24) is 15.1 Å². The fourth-order valence-corrected chi connectivity index (χ4v) is 2.92. The third kappa shape index (κ3) is 4.11. The van der Waals surface area contributed by atoms with Crippen molar-refractivity contribution in [3.8, 4) is 0 Å². The SMILES string of the molecule is CCCNC(C)CC(C)c1c(Br)cnn1CC. The maximum Gasteiger partial charge on any atom is 0.0635 e. The second-order valence-corrected chi connectivity index (χ2v) is 5.54. The molecule has 2 atom stereocenters. The molecule has 0 aliphatic heterocycles. The monoisotopic (exact) mass is 301 g/mol. The Hall–Kier alpha value is -0.350. The molecule has 0 fully saturated rings. The van der Waals surface area contributed by atoms with E-state index in [1.807, 2.05) is 6.20 Å². The highest BCUT2D eigenvalue weighted by Gasteiger charge is 2.17. The van der Waals surface area contributed by atoms with Crippen molar-refractivity contribution < 1.29 is 0 Å². The molecule has 1 rings (SSSR count). The van der Waals surface area contributed by atoms with Gasteiger partial charge in [0.05, 0.1) is 16.4 Å². The van der Waals surface area contributed by atoms with Crippen LogP contribution in [0.25, 0.3) is 0 Å². The molecule has 1 aromatic rings. The highest BCUT2D eigenvalue weighted by atomic mass is 79.9. The Morgan fingerprint density at radius 3 is 2.71 bits per heavy atom. The summed E-state index contributed by atoms with van der Waals surface area (Å²) in [5.74, 6) is 0.520. The van der Waals surface area contributed by atoms with Crippen LogP contribution in [0.15, 0.2) is 10.7 Å². The largest absolute Gasteiger partial charge is 0.314 e. The second-order valence-electron chi connectivity index (χ2n) is 4.69. The Labute approximate surface area is 113 Å². The third-order valence-corrected chi connectivity index (χ3v) is 3.66. The number of halogens is 1. The summed E-state index contributed by atoms with van der Waals surface area (Å²) in [5, 5.41) is 7.91. The summed E-state index contributed by atoms with van der Waals surface area (Å²) in [7, 11) is 0. The maximum absolute atomic E-state index is 4.37. The lowest BCUT2D eigenvalue weighted by Gasteiger charge is -2.19. The van der Waals surface area contributed by atoms with E-state index < -0.39 is 0 Å². The molecule has 0 radical (unpaired) electrons. The summed E-state index contributed by atoms with van der Waals surface area (Å²) in [6.07, 6.45) is 4.24. The fourth-order valence-electron chi connectivity index (χ4n) is 2.23. The van der Waals surface area contributed by atoms with Crippen molar-refractivity contribution in [2.75, 3.05) is 6.54 Å². The number of nitrogens with one attached hydrogen (secondary N) is 1. The van der Waals surface area contributed by atoms with E-state index in [4.69, 9.17) is 0 Å². The van der Waals surface area contributed by atoms with Gasteiger partial charge in [0.25, 0.3) is 0 Å². The average molecular weight is 302 g/mol. The van der Waals surface area contributed by atoms with Gasteiger partial charge in [0.15, 0.2) is 0 Å². The van der Waals surface area contributed by atoms with Crippen molar-refractivity contribution in [2.24, 2.45) is 0 Å². The first-order chi connectivity index (χ1) is 8.10. The summed E-state index contributed by atoms with van der Waals surface area (Å²) >= 11 is 3.60. The highest BCUT2D eigenvalue weighted by Crippen LogP contribution is 2.27. The van der Waals surface area contributed by atoms with Gasteiger partial charge in [-0.15, -0.1) is 0 Å². The Bertz CT molecular complexity index is 335. The van der Waals surface area contributed by atoms with Gasteiger partial charge in [-0.1, -0.05) is 13.8 Å². The summed E-state index contributed by atoms with van der Waals surface area (Å²) in [4.78, 5) is 0. The first kappa shape index (κ1) is 14.7. The van der Waals surface area contributed by atoms with Gasteiger partial charge in [0.2, 0.25) is 0 Å². The summed E-state index contributed by atoms with van der Waals surface area (Å²) < 4.78 is 3.22. The summed E-state index contributed by atoms with van der Waals surface area (Å²) in [6.45, 7) is 10.9. The van der Waals surface area contributed by atoms with Crippen molar-refractivity contribution in [2.45, 2.75) is 59.0 Å². The van der Waals surface area contributed by atoms with E-state index >= 15 is 0 Å². The van der Waals surface area contributed by atoms with Crippen LogP contribution in [0.1, 0.15) is 52.1 Å². The van der Waals surface area contributed by atoms with Crippen LogP contribution in [0, 0.1) is 0 Å². The number of aryl methyl sites for hydroxylation is 1. The van der Waals surface area contributed by atoms with E-state index in [1.54, 1.807) is 0 Å². The molecule has 0 saturated heterocycles.